The number of nitrogens with one attached hydrogen (secondary N) is 1. The van der Waals surface area contributed by atoms with E-state index in [1.54, 1.807) is 0 Å². The summed E-state index contributed by atoms with van der Waals surface area (Å²) in [5.41, 5.74) is -0.135. The minimum absolute atomic E-state index is 0.118. The Bertz CT molecular complexity index is 297. The van der Waals surface area contributed by atoms with Gasteiger partial charge in [-0.1, -0.05) is 0 Å². The van der Waals surface area contributed by atoms with Crippen molar-refractivity contribution in [2.24, 2.45) is 0 Å². The summed E-state index contributed by atoms with van der Waals surface area (Å²) < 4.78 is 0. The lowest BCUT2D eigenvalue weighted by Gasteiger charge is -2.34. The van der Waals surface area contributed by atoms with Crippen molar-refractivity contribution in [1.82, 2.24) is 10.2 Å². The Morgan fingerprint density at radius 3 is 2.53 bits per heavy atom. The number of hydrogen-bond donors (Lipinski definition) is 2. The molecule has 0 unspecified atom stereocenters. The van der Waals surface area contributed by atoms with Crippen LogP contribution in [0.25, 0.3) is 0 Å². The first-order valence-electron chi connectivity index (χ1n) is 6.08. The van der Waals surface area contributed by atoms with E-state index < -0.39 is 12.0 Å². The van der Waals surface area contributed by atoms with E-state index in [1.165, 1.54) is 4.90 Å². The highest BCUT2D eigenvalue weighted by atomic mass is 16.4. The van der Waals surface area contributed by atoms with Crippen LogP contribution in [0.4, 0.5) is 0 Å². The molecule has 0 spiro atoms. The summed E-state index contributed by atoms with van der Waals surface area (Å²) in [6, 6.07) is -0.641. The monoisotopic (exact) mass is 242 g/mol. The second-order valence-electron chi connectivity index (χ2n) is 5.54. The predicted octanol–water partition coefficient (Wildman–Crippen LogP) is 0.840. The molecule has 1 fully saturated rings. The molecule has 1 rings (SSSR count). The molecule has 98 valence electrons. The van der Waals surface area contributed by atoms with Gasteiger partial charge in [-0.05, 0) is 40.0 Å². The highest BCUT2D eigenvalue weighted by Gasteiger charge is 2.31. The van der Waals surface area contributed by atoms with Gasteiger partial charge in [0.15, 0.2) is 0 Å². The van der Waals surface area contributed by atoms with Crippen molar-refractivity contribution in [3.8, 4) is 0 Å². The number of carbonyl (C=O) groups excluding carboxylic acids is 1. The zero-order valence-electron chi connectivity index (χ0n) is 10.8. The van der Waals surface area contributed by atoms with Crippen LogP contribution < -0.4 is 5.32 Å². The summed E-state index contributed by atoms with van der Waals surface area (Å²) in [6.07, 6.45) is 2.34. The molecule has 0 aliphatic carbocycles. The Morgan fingerprint density at radius 1 is 1.35 bits per heavy atom. The zero-order valence-corrected chi connectivity index (χ0v) is 10.8. The Morgan fingerprint density at radius 2 is 2.00 bits per heavy atom. The van der Waals surface area contributed by atoms with E-state index in [0.717, 1.165) is 12.8 Å². The van der Waals surface area contributed by atoms with Crippen LogP contribution in [-0.4, -0.2) is 46.6 Å². The predicted molar refractivity (Wildman–Crippen MR) is 64.7 cm³/mol. The molecule has 0 aromatic rings. The first-order valence-corrected chi connectivity index (χ1v) is 6.08. The Balaban J connectivity index is 2.56. The van der Waals surface area contributed by atoms with Gasteiger partial charge in [0.2, 0.25) is 5.91 Å². The molecule has 2 N–H and O–H groups in total. The lowest BCUT2D eigenvalue weighted by molar-refractivity contribution is -0.151. The smallest absolute Gasteiger partial charge is 0.326 e. The minimum Gasteiger partial charge on any atom is -0.480 e. The normalized spacial score (nSPS) is 21.4. The summed E-state index contributed by atoms with van der Waals surface area (Å²) in [4.78, 5) is 24.5. The van der Waals surface area contributed by atoms with Gasteiger partial charge in [-0.2, -0.15) is 0 Å². The fourth-order valence-electron chi connectivity index (χ4n) is 1.93. The van der Waals surface area contributed by atoms with Crippen molar-refractivity contribution in [1.29, 1.82) is 0 Å². The highest BCUT2D eigenvalue weighted by molar-refractivity contribution is 5.85. The van der Waals surface area contributed by atoms with Crippen molar-refractivity contribution in [3.63, 3.8) is 0 Å². The van der Waals surface area contributed by atoms with E-state index in [1.807, 2.05) is 20.8 Å². The number of rotatable bonds is 3. The van der Waals surface area contributed by atoms with E-state index in [4.69, 9.17) is 5.11 Å². The van der Waals surface area contributed by atoms with Gasteiger partial charge in [-0.15, -0.1) is 0 Å². The molecule has 1 aliphatic heterocycles. The zero-order chi connectivity index (χ0) is 13.1. The summed E-state index contributed by atoms with van der Waals surface area (Å²) in [5, 5.41) is 12.2. The lowest BCUT2D eigenvalue weighted by atomic mass is 10.0. The quantitative estimate of drug-likeness (QED) is 0.769. The average molecular weight is 242 g/mol. The minimum atomic E-state index is -0.895. The molecule has 0 bridgehead atoms. The van der Waals surface area contributed by atoms with E-state index in [0.29, 0.717) is 13.0 Å². The lowest BCUT2D eigenvalue weighted by Crippen LogP contribution is -2.52. The number of likely N-dealkylation sites (tertiary alicyclic amines) is 1. The van der Waals surface area contributed by atoms with E-state index in [-0.39, 0.29) is 18.0 Å². The van der Waals surface area contributed by atoms with Gasteiger partial charge in [0, 0.05) is 12.1 Å². The number of carbonyl (C=O) groups is 2. The number of carboxylic acids is 1. The van der Waals surface area contributed by atoms with Crippen LogP contribution in [0.1, 0.15) is 40.0 Å². The maximum absolute atomic E-state index is 12.0. The molecule has 1 saturated heterocycles. The first-order chi connectivity index (χ1) is 7.81. The van der Waals surface area contributed by atoms with Gasteiger partial charge in [-0.3, -0.25) is 4.79 Å². The summed E-state index contributed by atoms with van der Waals surface area (Å²) in [6.45, 7) is 6.69. The summed E-state index contributed by atoms with van der Waals surface area (Å²) in [7, 11) is 0. The maximum Gasteiger partial charge on any atom is 0.326 e. The van der Waals surface area contributed by atoms with Crippen LogP contribution in [0.3, 0.4) is 0 Å². The van der Waals surface area contributed by atoms with Crippen molar-refractivity contribution >= 4 is 11.9 Å². The van der Waals surface area contributed by atoms with E-state index >= 15 is 0 Å². The molecule has 0 aromatic carbocycles. The van der Waals surface area contributed by atoms with Gasteiger partial charge < -0.3 is 15.3 Å². The molecule has 1 amide bonds. The Labute approximate surface area is 102 Å². The average Bonchev–Trinajstić information content (AvgIpc) is 2.25. The number of aliphatic carboxylic acids is 1. The van der Waals surface area contributed by atoms with E-state index in [9.17, 15) is 9.59 Å². The van der Waals surface area contributed by atoms with Crippen LogP contribution in [0.2, 0.25) is 0 Å². The molecule has 0 radical (unpaired) electrons. The van der Waals surface area contributed by atoms with Gasteiger partial charge >= 0.3 is 5.97 Å². The van der Waals surface area contributed by atoms with Crippen LogP contribution in [0, 0.1) is 0 Å². The fraction of sp³-hybridized carbons (Fsp3) is 0.833. The third-order valence-electron chi connectivity index (χ3n) is 2.88. The Hall–Kier alpha value is -1.10. The third kappa shape index (κ3) is 4.34. The van der Waals surface area contributed by atoms with Crippen molar-refractivity contribution in [2.45, 2.75) is 51.6 Å². The molecule has 17 heavy (non-hydrogen) atoms. The largest absolute Gasteiger partial charge is 0.480 e. The van der Waals surface area contributed by atoms with Crippen LogP contribution in [0.15, 0.2) is 0 Å². The molecular formula is C12H22N2O3. The topological polar surface area (TPSA) is 69.6 Å². The molecule has 1 heterocycles. The molecule has 0 aromatic heterocycles. The second-order valence-corrected chi connectivity index (χ2v) is 5.54. The van der Waals surface area contributed by atoms with Gasteiger partial charge in [-0.25, -0.2) is 4.79 Å². The number of piperidine rings is 1. The summed E-state index contributed by atoms with van der Waals surface area (Å²) in [5.74, 6) is -1.01. The van der Waals surface area contributed by atoms with Crippen LogP contribution in [0.5, 0.6) is 0 Å². The number of nitrogens with zero attached hydrogens (tertiary/aromatic N) is 1. The molecule has 1 atom stereocenters. The van der Waals surface area contributed by atoms with Crippen LogP contribution >= 0.6 is 0 Å². The number of hydrogen-bond acceptors (Lipinski definition) is 3. The SMILES string of the molecule is CC(C)(C)NCC(=O)N1CCCC[C@@H]1C(=O)O. The third-order valence-corrected chi connectivity index (χ3v) is 2.88. The van der Waals surface area contributed by atoms with Gasteiger partial charge in [0.05, 0.1) is 6.54 Å². The Kier molecular flexibility index (Phi) is 4.51. The molecule has 5 nitrogen and oxygen atoms in total. The number of carboxylic acid groups (broad SMARTS) is 1. The summed E-state index contributed by atoms with van der Waals surface area (Å²) >= 11 is 0. The van der Waals surface area contributed by atoms with Gasteiger partial charge in [0.25, 0.3) is 0 Å². The van der Waals surface area contributed by atoms with Crippen molar-refractivity contribution in [3.05, 3.63) is 0 Å². The molecule has 0 saturated carbocycles. The van der Waals surface area contributed by atoms with Crippen molar-refractivity contribution in [2.75, 3.05) is 13.1 Å². The second kappa shape index (κ2) is 5.49. The number of amides is 1. The standard InChI is InChI=1S/C12H22N2O3/c1-12(2,3)13-8-10(15)14-7-5-4-6-9(14)11(16)17/h9,13H,4-8H2,1-3H3,(H,16,17)/t9-/m1/s1. The van der Waals surface area contributed by atoms with E-state index in [2.05, 4.69) is 5.32 Å². The molecule has 1 aliphatic rings. The highest BCUT2D eigenvalue weighted by Crippen LogP contribution is 2.17. The fourth-order valence-corrected chi connectivity index (χ4v) is 1.93. The molecular weight excluding hydrogens is 220 g/mol. The first kappa shape index (κ1) is 14.0. The van der Waals surface area contributed by atoms with Crippen LogP contribution in [-0.2, 0) is 9.59 Å². The van der Waals surface area contributed by atoms with Gasteiger partial charge in [0.1, 0.15) is 6.04 Å². The molecule has 5 heteroatoms. The van der Waals surface area contributed by atoms with Crippen molar-refractivity contribution < 1.29 is 14.7 Å². The maximum atomic E-state index is 12.0.